The van der Waals surface area contributed by atoms with Gasteiger partial charge < -0.3 is 10.4 Å². The van der Waals surface area contributed by atoms with Crippen molar-refractivity contribution in [2.24, 2.45) is 0 Å². The smallest absolute Gasteiger partial charge is 0.303 e. The summed E-state index contributed by atoms with van der Waals surface area (Å²) in [5.74, 6) is -1.16. The summed E-state index contributed by atoms with van der Waals surface area (Å²) in [7, 11) is 0. The second-order valence-corrected chi connectivity index (χ2v) is 5.75. The summed E-state index contributed by atoms with van der Waals surface area (Å²) in [6.45, 7) is 0.547. The Morgan fingerprint density at radius 1 is 1.38 bits per heavy atom. The fourth-order valence-electron chi connectivity index (χ4n) is 1.12. The lowest BCUT2D eigenvalue weighted by Crippen LogP contribution is -2.25. The van der Waals surface area contributed by atoms with Crippen LogP contribution in [0, 0.1) is 0 Å². The zero-order valence-corrected chi connectivity index (χ0v) is 10.9. The fraction of sp³-hybridized carbons (Fsp3) is 0.400. The quantitative estimate of drug-likeness (QED) is 0.845. The number of thiophene rings is 1. The molecule has 6 heteroatoms. The zero-order chi connectivity index (χ0) is 12.0. The molecule has 0 radical (unpaired) electrons. The molecule has 88 valence electrons. The number of rotatable bonds is 6. The van der Waals surface area contributed by atoms with Gasteiger partial charge in [-0.1, -0.05) is 0 Å². The van der Waals surface area contributed by atoms with Gasteiger partial charge in [0.05, 0.1) is 10.2 Å². The van der Waals surface area contributed by atoms with Crippen LogP contribution in [0.2, 0.25) is 0 Å². The molecule has 1 heterocycles. The predicted octanol–water partition coefficient (Wildman–Crippen LogP) is 2.03. The number of hydrogen-bond acceptors (Lipinski definition) is 3. The van der Waals surface area contributed by atoms with Crippen molar-refractivity contribution >= 4 is 39.1 Å². The monoisotopic (exact) mass is 305 g/mol. The first-order valence-corrected chi connectivity index (χ1v) is 6.41. The predicted molar refractivity (Wildman–Crippen MR) is 65.6 cm³/mol. The maximum absolute atomic E-state index is 11.2. The molecule has 0 bridgehead atoms. The number of aliphatic carboxylic acids is 1. The lowest BCUT2D eigenvalue weighted by molar-refractivity contribution is -0.138. The highest BCUT2D eigenvalue weighted by Gasteiger charge is 2.04. The molecule has 2 N–H and O–H groups in total. The molecule has 0 saturated heterocycles. The highest BCUT2D eigenvalue weighted by atomic mass is 79.9. The van der Waals surface area contributed by atoms with Gasteiger partial charge >= 0.3 is 5.97 Å². The van der Waals surface area contributed by atoms with Crippen molar-refractivity contribution in [1.82, 2.24) is 5.32 Å². The highest BCUT2D eigenvalue weighted by Crippen LogP contribution is 2.21. The van der Waals surface area contributed by atoms with Crippen LogP contribution in [0.4, 0.5) is 0 Å². The van der Waals surface area contributed by atoms with Gasteiger partial charge in [-0.25, -0.2) is 0 Å². The topological polar surface area (TPSA) is 66.4 Å². The minimum atomic E-state index is -0.947. The van der Waals surface area contributed by atoms with Crippen molar-refractivity contribution in [2.75, 3.05) is 6.54 Å². The van der Waals surface area contributed by atoms with Gasteiger partial charge in [0.1, 0.15) is 0 Å². The van der Waals surface area contributed by atoms with Crippen LogP contribution in [-0.4, -0.2) is 23.5 Å². The van der Waals surface area contributed by atoms with E-state index in [1.807, 2.05) is 12.1 Å². The first-order valence-electron chi connectivity index (χ1n) is 4.80. The van der Waals surface area contributed by atoms with E-state index in [1.165, 1.54) is 4.88 Å². The lowest BCUT2D eigenvalue weighted by Gasteiger charge is -2.02. The molecule has 0 fully saturated rings. The van der Waals surface area contributed by atoms with E-state index in [4.69, 9.17) is 5.11 Å². The molecule has 0 saturated carbocycles. The third-order valence-corrected chi connectivity index (χ3v) is 3.57. The number of amides is 1. The van der Waals surface area contributed by atoms with Crippen LogP contribution >= 0.6 is 27.3 Å². The van der Waals surface area contributed by atoms with Crippen molar-refractivity contribution in [1.29, 1.82) is 0 Å². The molecule has 1 aromatic rings. The Hall–Kier alpha value is -0.880. The third kappa shape index (κ3) is 5.27. The van der Waals surface area contributed by atoms with Gasteiger partial charge in [0, 0.05) is 17.8 Å². The summed E-state index contributed by atoms with van der Waals surface area (Å²) >= 11 is 4.99. The van der Waals surface area contributed by atoms with Crippen molar-refractivity contribution < 1.29 is 14.7 Å². The molecule has 1 amide bonds. The molecule has 0 aliphatic heterocycles. The summed E-state index contributed by atoms with van der Waals surface area (Å²) in [4.78, 5) is 22.6. The van der Waals surface area contributed by atoms with Crippen LogP contribution in [0.5, 0.6) is 0 Å². The summed E-state index contributed by atoms with van der Waals surface area (Å²) in [5.41, 5.74) is 0. The number of nitrogens with one attached hydrogen (secondary N) is 1. The van der Waals surface area contributed by atoms with Crippen molar-refractivity contribution in [3.63, 3.8) is 0 Å². The van der Waals surface area contributed by atoms with E-state index in [1.54, 1.807) is 11.3 Å². The van der Waals surface area contributed by atoms with E-state index in [-0.39, 0.29) is 18.7 Å². The molecule has 16 heavy (non-hydrogen) atoms. The van der Waals surface area contributed by atoms with E-state index in [0.29, 0.717) is 6.54 Å². The first kappa shape index (κ1) is 13.2. The Balaban J connectivity index is 2.15. The van der Waals surface area contributed by atoms with E-state index >= 15 is 0 Å². The van der Waals surface area contributed by atoms with Crippen LogP contribution in [-0.2, 0) is 16.0 Å². The molecule has 4 nitrogen and oxygen atoms in total. The Morgan fingerprint density at radius 2 is 2.12 bits per heavy atom. The number of carboxylic acid groups (broad SMARTS) is 1. The molecular weight excluding hydrogens is 294 g/mol. The Kier molecular flexibility index (Phi) is 5.48. The maximum Gasteiger partial charge on any atom is 0.303 e. The van der Waals surface area contributed by atoms with Gasteiger partial charge in [0.2, 0.25) is 5.91 Å². The van der Waals surface area contributed by atoms with Crippen LogP contribution in [0.1, 0.15) is 17.7 Å². The number of halogens is 1. The summed E-state index contributed by atoms with van der Waals surface area (Å²) in [6.07, 6.45) is 0.703. The standard InChI is InChI=1S/C10H12BrNO3S/c11-8-2-1-7(16-8)5-6-12-9(13)3-4-10(14)15/h1-2H,3-6H2,(H,12,13)(H,14,15). The minimum Gasteiger partial charge on any atom is -0.481 e. The molecule has 0 aromatic carbocycles. The molecular formula is C10H12BrNO3S. The molecule has 0 unspecified atom stereocenters. The highest BCUT2D eigenvalue weighted by molar-refractivity contribution is 9.11. The van der Waals surface area contributed by atoms with E-state index < -0.39 is 5.97 Å². The second kappa shape index (κ2) is 6.65. The molecule has 0 aliphatic rings. The van der Waals surface area contributed by atoms with Gasteiger partial charge in [-0.3, -0.25) is 9.59 Å². The minimum absolute atomic E-state index is 0.0451. The van der Waals surface area contributed by atoms with E-state index in [0.717, 1.165) is 10.2 Å². The summed E-state index contributed by atoms with van der Waals surface area (Å²) in [5, 5.41) is 11.1. The molecule has 1 rings (SSSR count). The van der Waals surface area contributed by atoms with Gasteiger partial charge in [0.25, 0.3) is 0 Å². The van der Waals surface area contributed by atoms with Gasteiger partial charge in [-0.2, -0.15) is 0 Å². The lowest BCUT2D eigenvalue weighted by atomic mass is 10.3. The van der Waals surface area contributed by atoms with Crippen molar-refractivity contribution in [3.8, 4) is 0 Å². The molecule has 0 spiro atoms. The van der Waals surface area contributed by atoms with Gasteiger partial charge in [0.15, 0.2) is 0 Å². The van der Waals surface area contributed by atoms with Crippen LogP contribution in [0.15, 0.2) is 15.9 Å². The van der Waals surface area contributed by atoms with E-state index in [9.17, 15) is 9.59 Å². The number of carbonyl (C=O) groups excluding carboxylic acids is 1. The molecule has 0 atom stereocenters. The Morgan fingerprint density at radius 3 is 2.69 bits per heavy atom. The van der Waals surface area contributed by atoms with Gasteiger partial charge in [-0.05, 0) is 34.5 Å². The fourth-order valence-corrected chi connectivity index (χ4v) is 2.60. The van der Waals surface area contributed by atoms with Crippen molar-refractivity contribution in [2.45, 2.75) is 19.3 Å². The Labute approximate surface area is 106 Å². The summed E-state index contributed by atoms with van der Waals surface area (Å²) < 4.78 is 1.07. The zero-order valence-electron chi connectivity index (χ0n) is 8.53. The SMILES string of the molecule is O=C(O)CCC(=O)NCCc1ccc(Br)s1. The Bertz CT molecular complexity index is 378. The average Bonchev–Trinajstić information content (AvgIpc) is 2.61. The molecule has 1 aromatic heterocycles. The number of hydrogen-bond donors (Lipinski definition) is 2. The third-order valence-electron chi connectivity index (χ3n) is 1.89. The summed E-state index contributed by atoms with van der Waals surface area (Å²) in [6, 6.07) is 3.96. The number of carbonyl (C=O) groups is 2. The number of carboxylic acids is 1. The largest absolute Gasteiger partial charge is 0.481 e. The van der Waals surface area contributed by atoms with Crippen LogP contribution < -0.4 is 5.32 Å². The maximum atomic E-state index is 11.2. The van der Waals surface area contributed by atoms with Crippen LogP contribution in [0.25, 0.3) is 0 Å². The molecule has 0 aliphatic carbocycles. The normalized spacial score (nSPS) is 10.1. The van der Waals surface area contributed by atoms with Gasteiger partial charge in [-0.15, -0.1) is 11.3 Å². The van der Waals surface area contributed by atoms with Crippen molar-refractivity contribution in [3.05, 3.63) is 20.8 Å². The second-order valence-electron chi connectivity index (χ2n) is 3.20. The first-order chi connectivity index (χ1) is 7.58. The average molecular weight is 306 g/mol. The van der Waals surface area contributed by atoms with Crippen LogP contribution in [0.3, 0.4) is 0 Å². The van der Waals surface area contributed by atoms with E-state index in [2.05, 4.69) is 21.2 Å².